The van der Waals surface area contributed by atoms with E-state index < -0.39 is 17.1 Å². The first-order valence-electron chi connectivity index (χ1n) is 8.44. The minimum atomic E-state index is -0.535. The second-order valence-corrected chi connectivity index (χ2v) is 8.17. The third-order valence-electron chi connectivity index (χ3n) is 4.00. The van der Waals surface area contributed by atoms with E-state index >= 15 is 0 Å². The number of methoxy groups -OCH3 is 2. The van der Waals surface area contributed by atoms with Gasteiger partial charge in [0.05, 0.1) is 24.8 Å². The van der Waals surface area contributed by atoms with E-state index in [1.807, 2.05) is 0 Å². The summed E-state index contributed by atoms with van der Waals surface area (Å²) >= 11 is 10.2. The Labute approximate surface area is 190 Å². The van der Waals surface area contributed by atoms with Gasteiger partial charge in [0, 0.05) is 9.50 Å². The predicted molar refractivity (Wildman–Crippen MR) is 118 cm³/mol. The molecule has 2 aromatic carbocycles. The van der Waals surface area contributed by atoms with Crippen LogP contribution in [0.3, 0.4) is 0 Å². The second kappa shape index (κ2) is 9.55. The molecule has 7 nitrogen and oxygen atoms in total. The summed E-state index contributed by atoms with van der Waals surface area (Å²) in [5.74, 6) is -0.322. The van der Waals surface area contributed by atoms with Crippen LogP contribution in [0.1, 0.15) is 5.56 Å². The van der Waals surface area contributed by atoms with Crippen molar-refractivity contribution in [3.8, 4) is 11.5 Å². The first-order chi connectivity index (χ1) is 14.3. The Kier molecular flexibility index (Phi) is 7.06. The van der Waals surface area contributed by atoms with E-state index in [1.54, 1.807) is 42.5 Å². The average molecular weight is 513 g/mol. The number of halogens is 2. The highest BCUT2D eigenvalue weighted by atomic mass is 79.9. The zero-order chi connectivity index (χ0) is 21.8. The highest BCUT2D eigenvalue weighted by molar-refractivity contribution is 9.10. The van der Waals surface area contributed by atoms with Crippen LogP contribution in [-0.2, 0) is 14.3 Å². The monoisotopic (exact) mass is 511 g/mol. The van der Waals surface area contributed by atoms with Crippen molar-refractivity contribution in [2.75, 3.05) is 25.7 Å². The molecule has 0 N–H and O–H groups in total. The molecule has 0 radical (unpaired) electrons. The summed E-state index contributed by atoms with van der Waals surface area (Å²) in [6.45, 7) is -0.281. The van der Waals surface area contributed by atoms with Crippen molar-refractivity contribution in [1.82, 2.24) is 0 Å². The van der Waals surface area contributed by atoms with E-state index in [0.717, 1.165) is 16.7 Å². The summed E-state index contributed by atoms with van der Waals surface area (Å²) in [4.78, 5) is 37.9. The van der Waals surface area contributed by atoms with Crippen LogP contribution >= 0.6 is 39.3 Å². The van der Waals surface area contributed by atoms with E-state index in [0.29, 0.717) is 32.2 Å². The van der Waals surface area contributed by atoms with Gasteiger partial charge in [0.1, 0.15) is 0 Å². The number of esters is 1. The molecule has 0 aliphatic carbocycles. The van der Waals surface area contributed by atoms with E-state index in [2.05, 4.69) is 20.7 Å². The molecule has 0 bridgehead atoms. The molecule has 0 saturated carbocycles. The lowest BCUT2D eigenvalue weighted by molar-refractivity contribution is -0.142. The molecule has 10 heteroatoms. The topological polar surface area (TPSA) is 82.1 Å². The number of rotatable bonds is 6. The summed E-state index contributed by atoms with van der Waals surface area (Å²) in [5.41, 5.74) is 0.991. The number of nitrogens with zero attached hydrogens (tertiary/aromatic N) is 1. The summed E-state index contributed by atoms with van der Waals surface area (Å²) in [5, 5.41) is 0.000175. The highest BCUT2D eigenvalue weighted by Gasteiger charge is 2.36. The molecule has 30 heavy (non-hydrogen) atoms. The van der Waals surface area contributed by atoms with Gasteiger partial charge in [-0.05, 0) is 53.7 Å². The largest absolute Gasteiger partial charge is 0.493 e. The normalized spacial score (nSPS) is 14.9. The zero-order valence-electron chi connectivity index (χ0n) is 15.8. The van der Waals surface area contributed by atoms with E-state index in [9.17, 15) is 14.4 Å². The summed E-state index contributed by atoms with van der Waals surface area (Å²) in [6, 6.07) is 9.75. The number of benzene rings is 2. The molecule has 156 valence electrons. The minimum Gasteiger partial charge on any atom is -0.493 e. The van der Waals surface area contributed by atoms with Crippen LogP contribution in [-0.4, -0.2) is 37.9 Å². The number of hydrogen-bond acceptors (Lipinski definition) is 7. The van der Waals surface area contributed by atoms with Gasteiger partial charge in [-0.3, -0.25) is 9.59 Å². The fourth-order valence-electron chi connectivity index (χ4n) is 2.58. The van der Waals surface area contributed by atoms with Crippen molar-refractivity contribution < 1.29 is 28.6 Å². The lowest BCUT2D eigenvalue weighted by Gasteiger charge is -2.13. The average Bonchev–Trinajstić information content (AvgIpc) is 3.00. The smallest absolute Gasteiger partial charge is 0.343 e. The molecule has 1 aliphatic heterocycles. The Morgan fingerprint density at radius 3 is 2.63 bits per heavy atom. The Hall–Kier alpha value is -2.49. The Bertz CT molecular complexity index is 1060. The quantitative estimate of drug-likeness (QED) is 0.402. The minimum absolute atomic E-state index is 0.242. The van der Waals surface area contributed by atoms with Crippen LogP contribution in [0.25, 0.3) is 6.08 Å². The lowest BCUT2D eigenvalue weighted by Crippen LogP contribution is -2.27. The summed E-state index contributed by atoms with van der Waals surface area (Å²) in [6.07, 6.45) is 1.58. The van der Waals surface area contributed by atoms with Crippen LogP contribution in [0.15, 0.2) is 45.8 Å². The van der Waals surface area contributed by atoms with Gasteiger partial charge in [-0.2, -0.15) is 0 Å². The Balaban J connectivity index is 1.90. The number of ether oxygens (including phenoxy) is 3. The van der Waals surface area contributed by atoms with Crippen molar-refractivity contribution in [3.05, 3.63) is 56.4 Å². The first-order valence-corrected chi connectivity index (χ1v) is 10.4. The summed E-state index contributed by atoms with van der Waals surface area (Å²) < 4.78 is 15.9. The molecule has 3 rings (SSSR count). The molecule has 0 unspecified atom stereocenters. The van der Waals surface area contributed by atoms with Crippen LogP contribution < -0.4 is 14.4 Å². The molecule has 2 amide bonds. The number of carbonyl (C=O) groups excluding carboxylic acids is 3. The summed E-state index contributed by atoms with van der Waals surface area (Å²) in [7, 11) is 2.71. The molecular formula is C20H15BrClNO6S. The fraction of sp³-hybridized carbons (Fsp3) is 0.150. The fourth-order valence-corrected chi connectivity index (χ4v) is 4.03. The van der Waals surface area contributed by atoms with Crippen molar-refractivity contribution >= 4 is 68.2 Å². The number of thioether (sulfide) groups is 1. The zero-order valence-corrected chi connectivity index (χ0v) is 19.0. The van der Waals surface area contributed by atoms with E-state index in [1.165, 1.54) is 14.2 Å². The number of imide groups is 1. The maximum Gasteiger partial charge on any atom is 0.343 e. The van der Waals surface area contributed by atoms with Gasteiger partial charge >= 0.3 is 5.97 Å². The molecule has 2 aromatic rings. The van der Waals surface area contributed by atoms with Crippen LogP contribution in [0.4, 0.5) is 10.5 Å². The van der Waals surface area contributed by atoms with Crippen molar-refractivity contribution in [2.45, 2.75) is 0 Å². The van der Waals surface area contributed by atoms with Crippen LogP contribution in [0.2, 0.25) is 5.02 Å². The molecule has 1 saturated heterocycles. The third kappa shape index (κ3) is 4.80. The second-order valence-electron chi connectivity index (χ2n) is 5.89. The maximum atomic E-state index is 12.8. The van der Waals surface area contributed by atoms with Gasteiger partial charge in [-0.25, -0.2) is 9.69 Å². The van der Waals surface area contributed by atoms with E-state index in [4.69, 9.17) is 21.1 Å². The third-order valence-corrected chi connectivity index (χ3v) is 5.79. The van der Waals surface area contributed by atoms with Gasteiger partial charge in [-0.15, -0.1) is 0 Å². The van der Waals surface area contributed by atoms with Gasteiger partial charge in [0.15, 0.2) is 18.1 Å². The SMILES string of the molecule is COC(=O)COc1cc(Br)c(/C=C2/SC(=O)N(c3cccc(Cl)c3)C2=O)cc1OC. The lowest BCUT2D eigenvalue weighted by atomic mass is 10.1. The number of hydrogen-bond donors (Lipinski definition) is 0. The Morgan fingerprint density at radius 2 is 1.97 bits per heavy atom. The van der Waals surface area contributed by atoms with Crippen LogP contribution in [0.5, 0.6) is 11.5 Å². The predicted octanol–water partition coefficient (Wildman–Crippen LogP) is 4.90. The standard InChI is InChI=1S/C20H15BrClNO6S/c1-27-15-6-11(14(21)9-16(15)29-10-18(24)28-2)7-17-19(25)23(20(26)30-17)13-5-3-4-12(22)8-13/h3-9H,10H2,1-2H3/b17-7+. The molecule has 0 aromatic heterocycles. The molecule has 1 heterocycles. The number of carbonyl (C=O) groups is 3. The first kappa shape index (κ1) is 22.2. The van der Waals surface area contributed by atoms with Crippen molar-refractivity contribution in [2.24, 2.45) is 0 Å². The van der Waals surface area contributed by atoms with E-state index in [-0.39, 0.29) is 11.5 Å². The van der Waals surface area contributed by atoms with Crippen LogP contribution in [0, 0.1) is 0 Å². The van der Waals surface area contributed by atoms with Gasteiger partial charge in [0.2, 0.25) is 0 Å². The molecule has 0 spiro atoms. The van der Waals surface area contributed by atoms with Gasteiger partial charge in [0.25, 0.3) is 11.1 Å². The van der Waals surface area contributed by atoms with Gasteiger partial charge < -0.3 is 14.2 Å². The maximum absolute atomic E-state index is 12.8. The van der Waals surface area contributed by atoms with Gasteiger partial charge in [-0.1, -0.05) is 33.6 Å². The number of amides is 2. The van der Waals surface area contributed by atoms with Crippen molar-refractivity contribution in [1.29, 1.82) is 0 Å². The molecular weight excluding hydrogens is 498 g/mol. The van der Waals surface area contributed by atoms with Crippen molar-refractivity contribution in [3.63, 3.8) is 0 Å². The molecule has 1 aliphatic rings. The molecule has 1 fully saturated rings. The highest BCUT2D eigenvalue weighted by Crippen LogP contribution is 2.39. The Morgan fingerprint density at radius 1 is 1.20 bits per heavy atom. The molecule has 0 atom stereocenters. The number of anilines is 1.